The molecule has 3 N–H and O–H groups in total. The number of nitrogens with one attached hydrogen (secondary N) is 1. The molecule has 0 aliphatic heterocycles. The predicted molar refractivity (Wildman–Crippen MR) is 128 cm³/mol. The highest BCUT2D eigenvalue weighted by Crippen LogP contribution is 2.33. The normalized spacial score (nSPS) is 23.9. The highest BCUT2D eigenvalue weighted by Gasteiger charge is 2.26. The van der Waals surface area contributed by atoms with Gasteiger partial charge in [0.25, 0.3) is 0 Å². The molecular weight excluding hydrogens is 386 g/mol. The summed E-state index contributed by atoms with van der Waals surface area (Å²) in [5.74, 6) is 2.79. The van der Waals surface area contributed by atoms with Gasteiger partial charge in [0, 0.05) is 18.8 Å². The number of aliphatic imine (C=N–C) groups is 1. The summed E-state index contributed by atoms with van der Waals surface area (Å²) in [7, 11) is 1.68. The van der Waals surface area contributed by atoms with Gasteiger partial charge >= 0.3 is 0 Å². The first-order valence-corrected chi connectivity index (χ1v) is 12.2. The van der Waals surface area contributed by atoms with Crippen molar-refractivity contribution in [3.63, 3.8) is 0 Å². The largest absolute Gasteiger partial charge is 0.369 e. The molecule has 31 heavy (non-hydrogen) atoms. The molecule has 0 spiro atoms. The van der Waals surface area contributed by atoms with Crippen LogP contribution in [0.5, 0.6) is 0 Å². The molecule has 0 radical (unpaired) electrons. The first-order chi connectivity index (χ1) is 15.0. The summed E-state index contributed by atoms with van der Waals surface area (Å²) in [5.41, 5.74) is 7.16. The van der Waals surface area contributed by atoms with Crippen LogP contribution < -0.4 is 11.1 Å². The number of aromatic nitrogens is 1. The first-order valence-electron chi connectivity index (χ1n) is 12.2. The highest BCUT2D eigenvalue weighted by atomic mass is 16.1. The number of rotatable bonds is 9. The Balaban J connectivity index is 1.59. The minimum atomic E-state index is 0.199. The third kappa shape index (κ3) is 7.82. The summed E-state index contributed by atoms with van der Waals surface area (Å²) < 4.78 is 0. The van der Waals surface area contributed by atoms with Crippen LogP contribution in [0.25, 0.3) is 0 Å². The van der Waals surface area contributed by atoms with E-state index in [-0.39, 0.29) is 6.04 Å². The van der Waals surface area contributed by atoms with Crippen molar-refractivity contribution in [2.75, 3.05) is 12.4 Å². The molecule has 6 nitrogen and oxygen atoms in total. The third-order valence-electron chi connectivity index (χ3n) is 7.10. The van der Waals surface area contributed by atoms with Gasteiger partial charge in [-0.05, 0) is 63.0 Å². The average Bonchev–Trinajstić information content (AvgIpc) is 2.78. The van der Waals surface area contributed by atoms with Crippen LogP contribution >= 0.6 is 0 Å². The zero-order chi connectivity index (χ0) is 22.1. The molecule has 0 bridgehead atoms. The molecule has 0 aromatic carbocycles. The molecule has 1 aromatic rings. The van der Waals surface area contributed by atoms with Crippen molar-refractivity contribution in [1.29, 1.82) is 0 Å². The van der Waals surface area contributed by atoms with Crippen molar-refractivity contribution >= 4 is 18.2 Å². The van der Waals surface area contributed by atoms with E-state index in [1.54, 1.807) is 7.05 Å². The lowest BCUT2D eigenvalue weighted by molar-refractivity contribution is -0.114. The Morgan fingerprint density at radius 1 is 1.23 bits per heavy atom. The topological polar surface area (TPSA) is 83.6 Å². The van der Waals surface area contributed by atoms with Crippen LogP contribution in [0, 0.1) is 18.8 Å². The van der Waals surface area contributed by atoms with Crippen LogP contribution in [-0.4, -0.2) is 41.4 Å². The van der Waals surface area contributed by atoms with Gasteiger partial charge in [-0.25, -0.2) is 9.98 Å². The molecule has 2 saturated carbocycles. The van der Waals surface area contributed by atoms with Gasteiger partial charge < -0.3 is 11.1 Å². The van der Waals surface area contributed by atoms with Gasteiger partial charge in [-0.15, -0.1) is 0 Å². The number of nitrogens with zero attached hydrogens (tertiary/aromatic N) is 3. The number of anilines is 1. The molecule has 3 rings (SSSR count). The van der Waals surface area contributed by atoms with E-state index in [4.69, 9.17) is 10.7 Å². The number of pyridine rings is 1. The minimum Gasteiger partial charge on any atom is -0.369 e. The smallest absolute Gasteiger partial charge is 0.216 e. The van der Waals surface area contributed by atoms with E-state index >= 15 is 0 Å². The van der Waals surface area contributed by atoms with Crippen LogP contribution in [0.3, 0.4) is 0 Å². The number of carbonyl (C=O) groups excluding carboxylic acids is 1. The van der Waals surface area contributed by atoms with Crippen LogP contribution in [0.15, 0.2) is 23.2 Å². The van der Waals surface area contributed by atoms with E-state index in [0.29, 0.717) is 17.9 Å². The van der Waals surface area contributed by atoms with Gasteiger partial charge in [0.15, 0.2) is 5.96 Å². The van der Waals surface area contributed by atoms with E-state index in [1.165, 1.54) is 62.7 Å². The van der Waals surface area contributed by atoms with Crippen LogP contribution in [0.1, 0.15) is 82.7 Å². The quantitative estimate of drug-likeness (QED) is 0.334. The number of aryl methyl sites for hydroxylation is 1. The second kappa shape index (κ2) is 12.1. The van der Waals surface area contributed by atoms with Crippen molar-refractivity contribution in [3.8, 4) is 0 Å². The molecule has 2 fully saturated rings. The van der Waals surface area contributed by atoms with Crippen LogP contribution in [-0.2, 0) is 4.79 Å². The average molecular weight is 428 g/mol. The first kappa shape index (κ1) is 23.6. The summed E-state index contributed by atoms with van der Waals surface area (Å²) in [6.07, 6.45) is 15.8. The Kier molecular flexibility index (Phi) is 9.16. The van der Waals surface area contributed by atoms with Gasteiger partial charge in [0.05, 0.1) is 6.04 Å². The van der Waals surface area contributed by atoms with Gasteiger partial charge in [0.1, 0.15) is 5.82 Å². The molecule has 2 aliphatic carbocycles. The summed E-state index contributed by atoms with van der Waals surface area (Å²) >= 11 is 0. The highest BCUT2D eigenvalue weighted by molar-refractivity contribution is 5.87. The Morgan fingerprint density at radius 3 is 2.74 bits per heavy atom. The number of amides is 1. The molecule has 6 heteroatoms. The summed E-state index contributed by atoms with van der Waals surface area (Å²) in [6.45, 7) is 2.03. The van der Waals surface area contributed by atoms with Crippen molar-refractivity contribution in [2.45, 2.75) is 96.1 Å². The van der Waals surface area contributed by atoms with Gasteiger partial charge in [-0.3, -0.25) is 9.69 Å². The lowest BCUT2D eigenvalue weighted by Crippen LogP contribution is -2.35. The maximum atomic E-state index is 11.1. The fourth-order valence-electron chi connectivity index (χ4n) is 5.32. The maximum absolute atomic E-state index is 11.1. The number of hydrogen-bond acceptors (Lipinski definition) is 4. The second-order valence-electron chi connectivity index (χ2n) is 9.71. The molecule has 0 saturated heterocycles. The molecule has 3 atom stereocenters. The van der Waals surface area contributed by atoms with Crippen molar-refractivity contribution in [1.82, 2.24) is 9.88 Å². The van der Waals surface area contributed by atoms with E-state index in [2.05, 4.69) is 22.4 Å². The number of guanidine groups is 1. The Labute approximate surface area is 188 Å². The van der Waals surface area contributed by atoms with E-state index < -0.39 is 0 Å². The molecule has 0 unspecified atom stereocenters. The molecule has 1 heterocycles. The Hall–Kier alpha value is -2.11. The number of nitrogens with two attached hydrogens (primary N) is 1. The summed E-state index contributed by atoms with van der Waals surface area (Å²) in [5, 5.41) is 3.65. The predicted octanol–water partition coefficient (Wildman–Crippen LogP) is 4.88. The molecule has 1 amide bonds. The maximum Gasteiger partial charge on any atom is 0.216 e. The standard InChI is InChI=1S/C25H41N5O/c1-19-8-6-13-24(27-19)28-22-12-7-11-21(16-22)17-23(29-25(26)30(2)18-31)15-14-20-9-4-3-5-10-20/h6,8,13,18,20-23H,3-5,7,9-12,14-17H2,1-2H3,(H2,26,29)(H,27,28)/t21-,22+,23+/m0/s1. The molecule has 2 aliphatic rings. The van der Waals surface area contributed by atoms with E-state index in [0.717, 1.165) is 43.1 Å². The number of carbonyl (C=O) groups is 1. The fraction of sp³-hybridized carbons (Fsp3) is 0.720. The summed E-state index contributed by atoms with van der Waals surface area (Å²) in [6, 6.07) is 6.82. The zero-order valence-electron chi connectivity index (χ0n) is 19.4. The van der Waals surface area contributed by atoms with E-state index in [9.17, 15) is 4.79 Å². The Morgan fingerprint density at radius 2 is 2.00 bits per heavy atom. The monoisotopic (exact) mass is 427 g/mol. The zero-order valence-corrected chi connectivity index (χ0v) is 19.4. The Bertz CT molecular complexity index is 716. The third-order valence-corrected chi connectivity index (χ3v) is 7.10. The van der Waals surface area contributed by atoms with Crippen LogP contribution in [0.2, 0.25) is 0 Å². The second-order valence-corrected chi connectivity index (χ2v) is 9.71. The van der Waals surface area contributed by atoms with Crippen molar-refractivity contribution in [3.05, 3.63) is 23.9 Å². The van der Waals surface area contributed by atoms with Gasteiger partial charge in [0.2, 0.25) is 6.41 Å². The van der Waals surface area contributed by atoms with Crippen molar-refractivity contribution < 1.29 is 4.79 Å². The number of hydrogen-bond donors (Lipinski definition) is 2. The molecule has 1 aromatic heterocycles. The fourth-order valence-corrected chi connectivity index (χ4v) is 5.32. The summed E-state index contributed by atoms with van der Waals surface area (Å²) in [4.78, 5) is 21.9. The lowest BCUT2D eigenvalue weighted by Gasteiger charge is -2.32. The molecule has 172 valence electrons. The lowest BCUT2D eigenvalue weighted by atomic mass is 9.80. The van der Waals surface area contributed by atoms with Crippen molar-refractivity contribution in [2.24, 2.45) is 22.6 Å². The SMILES string of the molecule is Cc1cccc(N[C@@H]2CCC[C@H](C[C@@H](CCC3CCCCC3)N=C(N)N(C)C=O)C2)n1. The minimum absolute atomic E-state index is 0.199. The van der Waals surface area contributed by atoms with Gasteiger partial charge in [-0.1, -0.05) is 51.0 Å². The molecular formula is C25H41N5O. The van der Waals surface area contributed by atoms with Crippen LogP contribution in [0.4, 0.5) is 5.82 Å². The van der Waals surface area contributed by atoms with Gasteiger partial charge in [-0.2, -0.15) is 0 Å². The van der Waals surface area contributed by atoms with E-state index in [1.807, 2.05) is 13.0 Å².